The number of halogens is 3. The molecule has 0 aliphatic rings. The molecule has 16 heavy (non-hydrogen) atoms. The monoisotopic (exact) mass is 247 g/mol. The van der Waals surface area contributed by atoms with Gasteiger partial charge in [0.2, 0.25) is 0 Å². The molecule has 2 aromatic rings. The van der Waals surface area contributed by atoms with Crippen LogP contribution < -0.4 is 0 Å². The first-order chi connectivity index (χ1) is 7.50. The van der Waals surface area contributed by atoms with Gasteiger partial charge in [-0.25, -0.2) is 4.98 Å². The van der Waals surface area contributed by atoms with Crippen LogP contribution in [0, 0.1) is 0 Å². The fraction of sp³-hybridized carbons (Fsp3) is 0.111. The van der Waals surface area contributed by atoms with Gasteiger partial charge in [0, 0.05) is 6.20 Å². The van der Waals surface area contributed by atoms with E-state index in [1.54, 1.807) is 0 Å². The maximum atomic E-state index is 12.2. The molecule has 0 aliphatic carbocycles. The van der Waals surface area contributed by atoms with Gasteiger partial charge in [-0.15, -0.1) is 11.3 Å². The molecule has 2 heterocycles. The highest BCUT2D eigenvalue weighted by Gasteiger charge is 2.34. The van der Waals surface area contributed by atoms with Crippen molar-refractivity contribution >= 4 is 17.6 Å². The van der Waals surface area contributed by atoms with Crippen molar-refractivity contribution < 1.29 is 22.4 Å². The van der Waals surface area contributed by atoms with Crippen molar-refractivity contribution in [2.24, 2.45) is 0 Å². The van der Waals surface area contributed by atoms with E-state index in [1.807, 2.05) is 0 Å². The van der Waals surface area contributed by atoms with E-state index in [4.69, 9.17) is 4.42 Å². The Morgan fingerprint density at radius 3 is 2.62 bits per heavy atom. The molecule has 2 rings (SSSR count). The molecule has 3 nitrogen and oxygen atoms in total. The van der Waals surface area contributed by atoms with E-state index in [-0.39, 0.29) is 16.4 Å². The fourth-order valence-corrected chi connectivity index (χ4v) is 1.81. The second-order valence-electron chi connectivity index (χ2n) is 2.85. The van der Waals surface area contributed by atoms with Crippen LogP contribution in [0.5, 0.6) is 0 Å². The highest BCUT2D eigenvalue weighted by Crippen LogP contribution is 2.36. The number of hydrogen-bond donors (Lipinski definition) is 0. The second-order valence-corrected chi connectivity index (χ2v) is 3.88. The molecule has 0 aromatic carbocycles. The highest BCUT2D eigenvalue weighted by molar-refractivity contribution is 7.15. The zero-order valence-corrected chi connectivity index (χ0v) is 8.43. The molecule has 0 radical (unpaired) electrons. The van der Waals surface area contributed by atoms with Crippen LogP contribution in [0.1, 0.15) is 15.6 Å². The van der Waals surface area contributed by atoms with E-state index < -0.39 is 11.2 Å². The van der Waals surface area contributed by atoms with Gasteiger partial charge in [-0.05, 0) is 12.1 Å². The quantitative estimate of drug-likeness (QED) is 0.765. The molecule has 2 aromatic heterocycles. The van der Waals surface area contributed by atoms with Crippen molar-refractivity contribution in [3.05, 3.63) is 29.1 Å². The summed E-state index contributed by atoms with van der Waals surface area (Å²) < 4.78 is 41.7. The third-order valence-corrected chi connectivity index (χ3v) is 2.79. The molecule has 0 fully saturated rings. The van der Waals surface area contributed by atoms with Crippen molar-refractivity contribution in [3.8, 4) is 10.6 Å². The molecular weight excluding hydrogens is 243 g/mol. The summed E-state index contributed by atoms with van der Waals surface area (Å²) in [4.78, 5) is 13.8. The Bertz CT molecular complexity index is 515. The van der Waals surface area contributed by atoms with Gasteiger partial charge in [0.25, 0.3) is 0 Å². The predicted molar refractivity (Wildman–Crippen MR) is 50.2 cm³/mol. The average molecular weight is 247 g/mol. The van der Waals surface area contributed by atoms with Crippen molar-refractivity contribution in [1.82, 2.24) is 4.98 Å². The van der Waals surface area contributed by atoms with Gasteiger partial charge < -0.3 is 4.42 Å². The summed E-state index contributed by atoms with van der Waals surface area (Å²) in [6.45, 7) is 0. The van der Waals surface area contributed by atoms with Gasteiger partial charge in [0.1, 0.15) is 5.76 Å². The molecule has 0 bridgehead atoms. The van der Waals surface area contributed by atoms with Crippen molar-refractivity contribution in [1.29, 1.82) is 0 Å². The minimum atomic E-state index is -4.46. The van der Waals surface area contributed by atoms with E-state index in [0.29, 0.717) is 17.6 Å². The van der Waals surface area contributed by atoms with E-state index >= 15 is 0 Å². The first-order valence-corrected chi connectivity index (χ1v) is 4.91. The lowest BCUT2D eigenvalue weighted by molar-refractivity contribution is -0.137. The number of alkyl halides is 3. The number of thiazole rings is 1. The topological polar surface area (TPSA) is 43.1 Å². The SMILES string of the molecule is O=Cc1ccc(-c2cnc(C(F)(F)F)s2)o1. The van der Waals surface area contributed by atoms with Crippen LogP contribution in [-0.2, 0) is 6.18 Å². The van der Waals surface area contributed by atoms with Crippen molar-refractivity contribution in [2.75, 3.05) is 0 Å². The van der Waals surface area contributed by atoms with E-state index in [9.17, 15) is 18.0 Å². The largest absolute Gasteiger partial charge is 0.452 e. The Morgan fingerprint density at radius 2 is 2.12 bits per heavy atom. The van der Waals surface area contributed by atoms with Crippen LogP contribution in [0.4, 0.5) is 13.2 Å². The molecule has 0 saturated carbocycles. The number of aldehydes is 1. The number of nitrogens with zero attached hydrogens (tertiary/aromatic N) is 1. The maximum absolute atomic E-state index is 12.2. The Kier molecular flexibility index (Phi) is 2.55. The normalized spacial score (nSPS) is 11.7. The van der Waals surface area contributed by atoms with Crippen LogP contribution in [-0.4, -0.2) is 11.3 Å². The first kappa shape index (κ1) is 10.9. The van der Waals surface area contributed by atoms with Gasteiger partial charge in [-0.1, -0.05) is 0 Å². The van der Waals surface area contributed by atoms with Crippen LogP contribution in [0.15, 0.2) is 22.7 Å². The minimum Gasteiger partial charge on any atom is -0.452 e. The van der Waals surface area contributed by atoms with Crippen LogP contribution in [0.25, 0.3) is 10.6 Å². The standard InChI is InChI=1S/C9H4F3NO2S/c10-9(11,12)8-13-3-7(16-8)6-2-1-5(4-14)15-6/h1-4H. The molecule has 0 N–H and O–H groups in total. The van der Waals surface area contributed by atoms with E-state index in [1.165, 1.54) is 12.1 Å². The summed E-state index contributed by atoms with van der Waals surface area (Å²) in [5, 5.41) is -0.938. The Morgan fingerprint density at radius 1 is 1.38 bits per heavy atom. The molecule has 0 atom stereocenters. The van der Waals surface area contributed by atoms with E-state index in [2.05, 4.69) is 4.98 Å². The second kappa shape index (κ2) is 3.75. The zero-order chi connectivity index (χ0) is 11.8. The third kappa shape index (κ3) is 1.99. The fourth-order valence-electron chi connectivity index (χ4n) is 1.07. The Balaban J connectivity index is 2.35. The first-order valence-electron chi connectivity index (χ1n) is 4.09. The predicted octanol–water partition coefficient (Wildman–Crippen LogP) is 3.23. The number of hydrogen-bond acceptors (Lipinski definition) is 4. The average Bonchev–Trinajstić information content (AvgIpc) is 2.85. The summed E-state index contributed by atoms with van der Waals surface area (Å²) in [5.74, 6) is 0.270. The number of rotatable bonds is 2. The summed E-state index contributed by atoms with van der Waals surface area (Å²) >= 11 is 0.471. The number of aromatic nitrogens is 1. The zero-order valence-electron chi connectivity index (χ0n) is 7.62. The lowest BCUT2D eigenvalue weighted by Gasteiger charge is -1.98. The van der Waals surface area contributed by atoms with Crippen LogP contribution in [0.2, 0.25) is 0 Å². The van der Waals surface area contributed by atoms with Gasteiger partial charge in [0.05, 0.1) is 4.88 Å². The molecule has 0 amide bonds. The van der Waals surface area contributed by atoms with Crippen molar-refractivity contribution in [2.45, 2.75) is 6.18 Å². The van der Waals surface area contributed by atoms with Crippen LogP contribution >= 0.6 is 11.3 Å². The number of carbonyl (C=O) groups excluding carboxylic acids is 1. The number of carbonyl (C=O) groups is 1. The molecule has 84 valence electrons. The lowest BCUT2D eigenvalue weighted by Crippen LogP contribution is -2.02. The third-order valence-electron chi connectivity index (χ3n) is 1.73. The molecular formula is C9H4F3NO2S. The summed E-state index contributed by atoms with van der Waals surface area (Å²) in [5.41, 5.74) is 0. The molecule has 0 aliphatic heterocycles. The number of furan rings is 1. The summed E-state index contributed by atoms with van der Waals surface area (Å²) in [6, 6.07) is 2.81. The summed E-state index contributed by atoms with van der Waals surface area (Å²) in [7, 11) is 0. The highest BCUT2D eigenvalue weighted by atomic mass is 32.1. The molecule has 0 spiro atoms. The van der Waals surface area contributed by atoms with Gasteiger partial charge in [-0.3, -0.25) is 4.79 Å². The maximum Gasteiger partial charge on any atom is 0.443 e. The lowest BCUT2D eigenvalue weighted by atomic mass is 10.4. The van der Waals surface area contributed by atoms with Gasteiger partial charge in [0.15, 0.2) is 17.1 Å². The molecule has 7 heteroatoms. The summed E-state index contributed by atoms with van der Waals surface area (Å²) in [6.07, 6.45) is -2.90. The molecule has 0 unspecified atom stereocenters. The van der Waals surface area contributed by atoms with E-state index in [0.717, 1.165) is 6.20 Å². The Labute approximate surface area is 91.5 Å². The Hall–Kier alpha value is -1.63. The smallest absolute Gasteiger partial charge is 0.443 e. The van der Waals surface area contributed by atoms with Gasteiger partial charge >= 0.3 is 6.18 Å². The van der Waals surface area contributed by atoms with Crippen molar-refractivity contribution in [3.63, 3.8) is 0 Å². The van der Waals surface area contributed by atoms with Gasteiger partial charge in [-0.2, -0.15) is 13.2 Å². The molecule has 0 saturated heterocycles. The minimum absolute atomic E-state index is 0.0666. The van der Waals surface area contributed by atoms with Crippen LogP contribution in [0.3, 0.4) is 0 Å².